The lowest BCUT2D eigenvalue weighted by Gasteiger charge is -2.34. The summed E-state index contributed by atoms with van der Waals surface area (Å²) in [6, 6.07) is 7.35. The average Bonchev–Trinajstić information content (AvgIpc) is 3.22. The number of amides is 1. The van der Waals surface area contributed by atoms with Gasteiger partial charge in [-0.1, -0.05) is 19.9 Å². The molecule has 1 saturated heterocycles. The number of carbonyl (C=O) groups excluding carboxylic acids is 1. The lowest BCUT2D eigenvalue weighted by atomic mass is 9.92. The predicted molar refractivity (Wildman–Crippen MR) is 114 cm³/mol. The van der Waals surface area contributed by atoms with Crippen LogP contribution in [0.15, 0.2) is 42.0 Å². The first kappa shape index (κ1) is 19.6. The predicted octanol–water partition coefficient (Wildman–Crippen LogP) is 3.58. The molecule has 3 aromatic heterocycles. The van der Waals surface area contributed by atoms with Crippen LogP contribution in [0.4, 0.5) is 5.82 Å². The van der Waals surface area contributed by atoms with Crippen molar-refractivity contribution >= 4 is 23.1 Å². The molecule has 4 heterocycles. The summed E-state index contributed by atoms with van der Waals surface area (Å²) in [5, 5.41) is 5.62. The van der Waals surface area contributed by atoms with Crippen molar-refractivity contribution in [2.24, 2.45) is 11.8 Å². The second kappa shape index (κ2) is 8.75. The van der Waals surface area contributed by atoms with Crippen LogP contribution in [-0.4, -0.2) is 50.4 Å². The first-order valence-electron chi connectivity index (χ1n) is 9.79. The van der Waals surface area contributed by atoms with Gasteiger partial charge in [0.25, 0.3) is 0 Å². The van der Waals surface area contributed by atoms with Crippen molar-refractivity contribution < 1.29 is 4.79 Å². The van der Waals surface area contributed by atoms with Crippen LogP contribution in [0.2, 0.25) is 0 Å². The summed E-state index contributed by atoms with van der Waals surface area (Å²) in [6.45, 7) is 6.75. The molecule has 0 aliphatic carbocycles. The Morgan fingerprint density at radius 1 is 1.14 bits per heavy atom. The van der Waals surface area contributed by atoms with Gasteiger partial charge < -0.3 is 5.32 Å². The molecule has 1 aliphatic rings. The second-order valence-electron chi connectivity index (χ2n) is 7.70. The van der Waals surface area contributed by atoms with Gasteiger partial charge in [0.1, 0.15) is 22.2 Å². The minimum Gasteiger partial charge on any atom is -0.309 e. The van der Waals surface area contributed by atoms with Crippen LogP contribution in [0, 0.1) is 11.8 Å². The topological polar surface area (TPSA) is 83.9 Å². The normalized spacial score (nSPS) is 19.8. The molecule has 4 rings (SSSR count). The maximum atomic E-state index is 12.7. The van der Waals surface area contributed by atoms with Gasteiger partial charge in [-0.05, 0) is 30.4 Å². The zero-order chi connectivity index (χ0) is 20.2. The number of aromatic nitrogens is 4. The molecule has 1 amide bonds. The standard InChI is InChI=1S/C21H24N6OS/c1-14-9-15(2)12-27(11-14)13-19(28)25-18-10-17(21-23-7-8-29-21)24-20(26-18)16-5-3-4-6-22-16/h3-8,10,14-15H,9,11-13H2,1-2H3,(H,24,25,26,28). The molecule has 2 unspecified atom stereocenters. The minimum absolute atomic E-state index is 0.0675. The van der Waals surface area contributed by atoms with Crippen LogP contribution in [0.1, 0.15) is 20.3 Å². The third kappa shape index (κ3) is 5.02. The zero-order valence-corrected chi connectivity index (χ0v) is 17.4. The van der Waals surface area contributed by atoms with Crippen molar-refractivity contribution in [3.8, 4) is 22.2 Å². The molecule has 29 heavy (non-hydrogen) atoms. The number of nitrogens with zero attached hydrogens (tertiary/aromatic N) is 5. The Hall–Kier alpha value is -2.71. The number of hydrogen-bond acceptors (Lipinski definition) is 7. The molecule has 0 radical (unpaired) electrons. The smallest absolute Gasteiger partial charge is 0.239 e. The highest BCUT2D eigenvalue weighted by molar-refractivity contribution is 7.13. The number of hydrogen-bond donors (Lipinski definition) is 1. The van der Waals surface area contributed by atoms with Gasteiger partial charge >= 0.3 is 0 Å². The SMILES string of the molecule is CC1CC(C)CN(CC(=O)Nc2cc(-c3nccs3)nc(-c3ccccn3)n2)C1. The van der Waals surface area contributed by atoms with Crippen LogP contribution >= 0.6 is 11.3 Å². The van der Waals surface area contributed by atoms with Crippen molar-refractivity contribution in [3.63, 3.8) is 0 Å². The lowest BCUT2D eigenvalue weighted by molar-refractivity contribution is -0.117. The summed E-state index contributed by atoms with van der Waals surface area (Å²) in [5.74, 6) is 2.08. The van der Waals surface area contributed by atoms with Crippen LogP contribution in [0.3, 0.4) is 0 Å². The molecule has 1 N–H and O–H groups in total. The highest BCUT2D eigenvalue weighted by Crippen LogP contribution is 2.25. The molecule has 150 valence electrons. The molecule has 0 saturated carbocycles. The summed E-state index contributed by atoms with van der Waals surface area (Å²) < 4.78 is 0. The maximum Gasteiger partial charge on any atom is 0.239 e. The van der Waals surface area contributed by atoms with Gasteiger partial charge in [-0.25, -0.2) is 15.0 Å². The molecule has 7 nitrogen and oxygen atoms in total. The van der Waals surface area contributed by atoms with Crippen molar-refractivity contribution in [2.75, 3.05) is 25.0 Å². The maximum absolute atomic E-state index is 12.7. The number of pyridine rings is 1. The highest BCUT2D eigenvalue weighted by atomic mass is 32.1. The number of nitrogens with one attached hydrogen (secondary N) is 1. The molecule has 0 aromatic carbocycles. The summed E-state index contributed by atoms with van der Waals surface area (Å²) >= 11 is 1.49. The lowest BCUT2D eigenvalue weighted by Crippen LogP contribution is -2.42. The fourth-order valence-electron chi connectivity index (χ4n) is 3.89. The van der Waals surface area contributed by atoms with Crippen LogP contribution in [0.25, 0.3) is 22.2 Å². The van der Waals surface area contributed by atoms with Crippen LogP contribution in [-0.2, 0) is 4.79 Å². The van der Waals surface area contributed by atoms with Crippen molar-refractivity contribution in [1.82, 2.24) is 24.8 Å². The summed E-state index contributed by atoms with van der Waals surface area (Å²) in [6.07, 6.45) is 4.65. The Bertz CT molecular complexity index is 953. The van der Waals surface area contributed by atoms with Gasteiger partial charge in [0, 0.05) is 36.9 Å². The Morgan fingerprint density at radius 3 is 2.66 bits per heavy atom. The minimum atomic E-state index is -0.0675. The third-order valence-corrected chi connectivity index (χ3v) is 5.65. The number of anilines is 1. The number of thiazole rings is 1. The van der Waals surface area contributed by atoms with Gasteiger partial charge in [-0.15, -0.1) is 11.3 Å². The monoisotopic (exact) mass is 408 g/mol. The molecule has 2 atom stereocenters. The van der Waals surface area contributed by atoms with E-state index < -0.39 is 0 Å². The molecule has 1 aliphatic heterocycles. The number of likely N-dealkylation sites (tertiary alicyclic amines) is 1. The van der Waals surface area contributed by atoms with E-state index in [1.54, 1.807) is 18.5 Å². The fourth-order valence-corrected chi connectivity index (χ4v) is 4.48. The Kier molecular flexibility index (Phi) is 5.92. The Morgan fingerprint density at radius 2 is 1.97 bits per heavy atom. The van der Waals surface area contributed by atoms with Gasteiger partial charge in [0.15, 0.2) is 5.82 Å². The molecule has 1 fully saturated rings. The van der Waals surface area contributed by atoms with E-state index in [0.29, 0.717) is 41.4 Å². The first-order chi connectivity index (χ1) is 14.1. The summed E-state index contributed by atoms with van der Waals surface area (Å²) in [7, 11) is 0. The van der Waals surface area contributed by atoms with E-state index in [1.807, 2.05) is 23.6 Å². The van der Waals surface area contributed by atoms with Crippen LogP contribution in [0.5, 0.6) is 0 Å². The number of carbonyl (C=O) groups is 1. The van der Waals surface area contributed by atoms with Crippen molar-refractivity contribution in [3.05, 3.63) is 42.0 Å². The van der Waals surface area contributed by atoms with E-state index >= 15 is 0 Å². The van der Waals surface area contributed by atoms with Gasteiger partial charge in [0.2, 0.25) is 5.91 Å². The molecule has 3 aromatic rings. The molecule has 8 heteroatoms. The third-order valence-electron chi connectivity index (χ3n) is 4.85. The van der Waals surface area contributed by atoms with Crippen molar-refractivity contribution in [1.29, 1.82) is 0 Å². The van der Waals surface area contributed by atoms with E-state index in [4.69, 9.17) is 0 Å². The number of rotatable bonds is 5. The molecular formula is C21H24N6OS. The molecular weight excluding hydrogens is 384 g/mol. The zero-order valence-electron chi connectivity index (χ0n) is 16.6. The van der Waals surface area contributed by atoms with E-state index in [-0.39, 0.29) is 5.91 Å². The van der Waals surface area contributed by atoms with E-state index in [1.165, 1.54) is 17.8 Å². The van der Waals surface area contributed by atoms with E-state index in [2.05, 4.69) is 44.0 Å². The largest absolute Gasteiger partial charge is 0.309 e. The van der Waals surface area contributed by atoms with Crippen molar-refractivity contribution in [2.45, 2.75) is 20.3 Å². The Labute approximate surface area is 174 Å². The second-order valence-corrected chi connectivity index (χ2v) is 8.60. The van der Waals surface area contributed by atoms with Crippen LogP contribution < -0.4 is 5.32 Å². The summed E-state index contributed by atoms with van der Waals surface area (Å²) in [5.41, 5.74) is 1.33. The van der Waals surface area contributed by atoms with E-state index in [0.717, 1.165) is 18.1 Å². The fraction of sp³-hybridized carbons (Fsp3) is 0.381. The highest BCUT2D eigenvalue weighted by Gasteiger charge is 2.23. The molecule has 0 bridgehead atoms. The van der Waals surface area contributed by atoms with Gasteiger partial charge in [0.05, 0.1) is 6.54 Å². The number of piperidine rings is 1. The van der Waals surface area contributed by atoms with Gasteiger partial charge in [-0.3, -0.25) is 14.7 Å². The summed E-state index contributed by atoms with van der Waals surface area (Å²) in [4.78, 5) is 32.7. The average molecular weight is 409 g/mol. The first-order valence-corrected chi connectivity index (χ1v) is 10.7. The van der Waals surface area contributed by atoms with Gasteiger partial charge in [-0.2, -0.15) is 0 Å². The quantitative estimate of drug-likeness (QED) is 0.695. The Balaban J connectivity index is 1.56. The molecule has 0 spiro atoms. The van der Waals surface area contributed by atoms with E-state index in [9.17, 15) is 4.79 Å².